The van der Waals surface area contributed by atoms with E-state index in [1.54, 1.807) is 6.08 Å². The molecule has 19 heavy (non-hydrogen) atoms. The highest BCUT2D eigenvalue weighted by Crippen LogP contribution is 2.20. The van der Waals surface area contributed by atoms with E-state index < -0.39 is 5.78 Å². The summed E-state index contributed by atoms with van der Waals surface area (Å²) in [7, 11) is 1.49. The summed E-state index contributed by atoms with van der Waals surface area (Å²) in [6, 6.07) is 9.84. The number of hydrogen-bond donors (Lipinski definition) is 1. The Hall–Kier alpha value is -2.55. The van der Waals surface area contributed by atoms with Gasteiger partial charge in [-0.1, -0.05) is 48.6 Å². The molecule has 0 aliphatic heterocycles. The Morgan fingerprint density at radius 3 is 2.58 bits per heavy atom. The minimum Gasteiger partial charge on any atom is -0.504 e. The summed E-state index contributed by atoms with van der Waals surface area (Å²) in [6.07, 6.45) is 8.23. The molecular formula is C16H14O3. The number of aliphatic hydroxyl groups is 1. The van der Waals surface area contributed by atoms with Crippen molar-refractivity contribution in [3.63, 3.8) is 0 Å². The minimum absolute atomic E-state index is 0.278. The molecule has 0 atom stereocenters. The number of carbonyl (C=O) groups excluding carboxylic acids is 1. The molecule has 3 nitrogen and oxygen atoms in total. The van der Waals surface area contributed by atoms with Gasteiger partial charge in [0.2, 0.25) is 5.78 Å². The van der Waals surface area contributed by atoms with Crippen LogP contribution in [0.25, 0.3) is 6.08 Å². The highest BCUT2D eigenvalue weighted by atomic mass is 16.5. The number of carbonyl (C=O) groups is 1. The van der Waals surface area contributed by atoms with Crippen LogP contribution in [0, 0.1) is 0 Å². The highest BCUT2D eigenvalue weighted by Gasteiger charge is 2.16. The van der Waals surface area contributed by atoms with E-state index >= 15 is 0 Å². The van der Waals surface area contributed by atoms with Crippen molar-refractivity contribution in [3.05, 3.63) is 77.3 Å². The second-order valence-electron chi connectivity index (χ2n) is 4.00. The summed E-state index contributed by atoms with van der Waals surface area (Å²) >= 11 is 0. The van der Waals surface area contributed by atoms with Gasteiger partial charge in [0.25, 0.3) is 0 Å². The number of allylic oxidation sites excluding steroid dienone is 4. The molecule has 2 rings (SSSR count). The highest BCUT2D eigenvalue weighted by molar-refractivity contribution is 6.04. The zero-order valence-corrected chi connectivity index (χ0v) is 10.5. The van der Waals surface area contributed by atoms with Gasteiger partial charge in [0.1, 0.15) is 5.76 Å². The molecule has 0 aromatic heterocycles. The summed E-state index contributed by atoms with van der Waals surface area (Å²) in [5, 5.41) is 9.42. The van der Waals surface area contributed by atoms with Gasteiger partial charge < -0.3 is 9.84 Å². The first-order chi connectivity index (χ1) is 9.20. The number of benzene rings is 1. The van der Waals surface area contributed by atoms with Crippen molar-refractivity contribution in [1.29, 1.82) is 0 Å². The number of aliphatic hydroxyl groups excluding tert-OH is 1. The maximum absolute atomic E-state index is 11.3. The van der Waals surface area contributed by atoms with E-state index in [0.717, 1.165) is 5.56 Å². The van der Waals surface area contributed by atoms with E-state index in [1.165, 1.54) is 19.3 Å². The normalized spacial score (nSPS) is 17.5. The van der Waals surface area contributed by atoms with Crippen LogP contribution in [-0.2, 0) is 9.53 Å². The Labute approximate surface area is 111 Å². The summed E-state index contributed by atoms with van der Waals surface area (Å²) in [5.74, 6) is -0.276. The molecular weight excluding hydrogens is 240 g/mol. The zero-order valence-electron chi connectivity index (χ0n) is 10.5. The van der Waals surface area contributed by atoms with Crippen LogP contribution in [0.2, 0.25) is 0 Å². The maximum atomic E-state index is 11.3. The number of ketones is 1. The number of methoxy groups -OCH3 is 1. The monoisotopic (exact) mass is 254 g/mol. The van der Waals surface area contributed by atoms with Crippen molar-refractivity contribution >= 4 is 11.9 Å². The molecule has 0 heterocycles. The SMILES string of the molecule is COC1=CC(=O)C(O)=C/C1=C/C=C/c1ccccc1. The molecule has 0 spiro atoms. The average molecular weight is 254 g/mol. The first-order valence-corrected chi connectivity index (χ1v) is 5.85. The van der Waals surface area contributed by atoms with Crippen molar-refractivity contribution in [2.45, 2.75) is 0 Å². The van der Waals surface area contributed by atoms with E-state index in [-0.39, 0.29) is 5.76 Å². The molecule has 0 bridgehead atoms. The molecule has 1 aliphatic carbocycles. The maximum Gasteiger partial charge on any atom is 0.223 e. The topological polar surface area (TPSA) is 46.5 Å². The predicted molar refractivity (Wildman–Crippen MR) is 74.4 cm³/mol. The Morgan fingerprint density at radius 2 is 1.89 bits per heavy atom. The summed E-state index contributed by atoms with van der Waals surface area (Å²) in [4.78, 5) is 11.3. The molecule has 1 aliphatic rings. The van der Waals surface area contributed by atoms with Crippen LogP contribution in [0.4, 0.5) is 0 Å². The number of rotatable bonds is 3. The van der Waals surface area contributed by atoms with E-state index in [2.05, 4.69) is 0 Å². The van der Waals surface area contributed by atoms with Gasteiger partial charge in [-0.2, -0.15) is 0 Å². The van der Waals surface area contributed by atoms with Crippen LogP contribution in [0.5, 0.6) is 0 Å². The standard InChI is InChI=1S/C16H14O3/c1-19-16-11-15(18)14(17)10-13(16)9-5-8-12-6-3-2-4-7-12/h2-11,17H,1H3/b8-5+,13-9-. The second kappa shape index (κ2) is 5.87. The second-order valence-corrected chi connectivity index (χ2v) is 4.00. The Morgan fingerprint density at radius 1 is 1.16 bits per heavy atom. The van der Waals surface area contributed by atoms with Crippen molar-refractivity contribution in [1.82, 2.24) is 0 Å². The van der Waals surface area contributed by atoms with Crippen LogP contribution in [0.3, 0.4) is 0 Å². The van der Waals surface area contributed by atoms with Crippen LogP contribution in [0.1, 0.15) is 5.56 Å². The van der Waals surface area contributed by atoms with Crippen LogP contribution in [-0.4, -0.2) is 18.0 Å². The lowest BCUT2D eigenvalue weighted by Gasteiger charge is -2.11. The molecule has 1 N–H and O–H groups in total. The van der Waals surface area contributed by atoms with Crippen LogP contribution >= 0.6 is 0 Å². The molecule has 96 valence electrons. The lowest BCUT2D eigenvalue weighted by atomic mass is 10.0. The first-order valence-electron chi connectivity index (χ1n) is 5.85. The third-order valence-electron chi connectivity index (χ3n) is 2.68. The molecule has 0 saturated heterocycles. The van der Waals surface area contributed by atoms with Gasteiger partial charge in [-0.05, 0) is 11.6 Å². The third kappa shape index (κ3) is 3.22. The van der Waals surface area contributed by atoms with Gasteiger partial charge in [-0.25, -0.2) is 0 Å². The van der Waals surface area contributed by atoms with Gasteiger partial charge in [0.15, 0.2) is 5.76 Å². The lowest BCUT2D eigenvalue weighted by Crippen LogP contribution is -2.07. The van der Waals surface area contributed by atoms with Gasteiger partial charge >= 0.3 is 0 Å². The molecule has 1 aromatic carbocycles. The fourth-order valence-corrected chi connectivity index (χ4v) is 1.70. The fraction of sp³-hybridized carbons (Fsp3) is 0.0625. The largest absolute Gasteiger partial charge is 0.504 e. The molecule has 0 fully saturated rings. The molecule has 0 radical (unpaired) electrons. The van der Waals surface area contributed by atoms with Crippen molar-refractivity contribution in [3.8, 4) is 0 Å². The molecule has 3 heteroatoms. The lowest BCUT2D eigenvalue weighted by molar-refractivity contribution is -0.113. The Kier molecular flexibility index (Phi) is 3.98. The van der Waals surface area contributed by atoms with Gasteiger partial charge in [-0.15, -0.1) is 0 Å². The summed E-state index contributed by atoms with van der Waals surface area (Å²) < 4.78 is 5.11. The zero-order chi connectivity index (χ0) is 13.7. The molecule has 0 amide bonds. The number of ether oxygens (including phenoxy) is 1. The predicted octanol–water partition coefficient (Wildman–Crippen LogP) is 3.18. The Bertz CT molecular complexity index is 590. The summed E-state index contributed by atoms with van der Waals surface area (Å²) in [6.45, 7) is 0. The smallest absolute Gasteiger partial charge is 0.223 e. The van der Waals surface area contributed by atoms with Gasteiger partial charge in [0, 0.05) is 11.6 Å². The molecule has 1 aromatic rings. The first kappa shape index (κ1) is 12.9. The van der Waals surface area contributed by atoms with Crippen molar-refractivity contribution in [2.75, 3.05) is 7.11 Å². The molecule has 0 unspecified atom stereocenters. The van der Waals surface area contributed by atoms with Crippen LogP contribution in [0.15, 0.2) is 71.7 Å². The van der Waals surface area contributed by atoms with Crippen LogP contribution < -0.4 is 0 Å². The fourth-order valence-electron chi connectivity index (χ4n) is 1.70. The van der Waals surface area contributed by atoms with E-state index in [0.29, 0.717) is 11.3 Å². The Balaban J connectivity index is 2.21. The molecule has 0 saturated carbocycles. The van der Waals surface area contributed by atoms with E-state index in [4.69, 9.17) is 4.74 Å². The third-order valence-corrected chi connectivity index (χ3v) is 2.68. The van der Waals surface area contributed by atoms with Crippen molar-refractivity contribution in [2.24, 2.45) is 0 Å². The quantitative estimate of drug-likeness (QED) is 0.901. The van der Waals surface area contributed by atoms with E-state index in [9.17, 15) is 9.90 Å². The van der Waals surface area contributed by atoms with Gasteiger partial charge in [0.05, 0.1) is 7.11 Å². The van der Waals surface area contributed by atoms with Crippen molar-refractivity contribution < 1.29 is 14.6 Å². The summed E-state index contributed by atoms with van der Waals surface area (Å²) in [5.41, 5.74) is 1.73. The number of hydrogen-bond acceptors (Lipinski definition) is 3. The van der Waals surface area contributed by atoms with Gasteiger partial charge in [-0.3, -0.25) is 4.79 Å². The average Bonchev–Trinajstić information content (AvgIpc) is 2.43. The minimum atomic E-state index is -0.443. The van der Waals surface area contributed by atoms with E-state index in [1.807, 2.05) is 42.5 Å².